The summed E-state index contributed by atoms with van der Waals surface area (Å²) in [5.74, 6) is -0.573. The Morgan fingerprint density at radius 1 is 1.10 bits per heavy atom. The van der Waals surface area contributed by atoms with E-state index in [1.807, 2.05) is 0 Å². The molecule has 3 amide bonds. The summed E-state index contributed by atoms with van der Waals surface area (Å²) < 4.78 is 20.3. The summed E-state index contributed by atoms with van der Waals surface area (Å²) in [7, 11) is 1.56. The largest absolute Gasteiger partial charge is 0.497 e. The third-order valence-electron chi connectivity index (χ3n) is 8.91. The second kappa shape index (κ2) is 12.6. The minimum Gasteiger partial charge on any atom is -0.497 e. The highest BCUT2D eigenvalue weighted by Crippen LogP contribution is 2.32. The number of nitrogens with zero attached hydrogens (tertiary/aromatic N) is 2. The Hall–Kier alpha value is -3.50. The first-order valence-electron chi connectivity index (χ1n) is 14.5. The third kappa shape index (κ3) is 6.70. The second-order valence-electron chi connectivity index (χ2n) is 11.6. The lowest BCUT2D eigenvalue weighted by molar-refractivity contribution is -0.134. The molecule has 3 aliphatic heterocycles. The maximum absolute atomic E-state index is 15.1. The number of imide groups is 1. The second-order valence-corrected chi connectivity index (χ2v) is 11.6. The van der Waals surface area contributed by atoms with E-state index in [0.717, 1.165) is 45.6 Å². The Bertz CT molecular complexity index is 1270. The summed E-state index contributed by atoms with van der Waals surface area (Å²) in [6, 6.07) is 12.0. The van der Waals surface area contributed by atoms with Gasteiger partial charge in [0.1, 0.15) is 11.6 Å². The Balaban J connectivity index is 1.10. The fourth-order valence-electron chi connectivity index (χ4n) is 6.29. The van der Waals surface area contributed by atoms with Gasteiger partial charge in [-0.25, -0.2) is 4.39 Å². The number of hydrogen-bond donors (Lipinski definition) is 3. The molecule has 0 bridgehead atoms. The Kier molecular flexibility index (Phi) is 8.89. The fourth-order valence-corrected chi connectivity index (χ4v) is 6.29. The monoisotopic (exact) mass is 566 g/mol. The average molecular weight is 567 g/mol. The topological polar surface area (TPSA) is 111 Å². The number of amides is 3. The molecule has 1 atom stereocenters. The fraction of sp³-hybridized carbons (Fsp3) is 0.516. The normalized spacial score (nSPS) is 21.8. The molecule has 5 rings (SSSR count). The number of ether oxygens (including phenoxy) is 1. The zero-order chi connectivity index (χ0) is 29.0. The first kappa shape index (κ1) is 29.0. The molecule has 0 aliphatic carbocycles. The molecule has 41 heavy (non-hydrogen) atoms. The number of carbonyl (C=O) groups excluding carboxylic acids is 3. The van der Waals surface area contributed by atoms with Gasteiger partial charge in [0.15, 0.2) is 0 Å². The Morgan fingerprint density at radius 3 is 2.51 bits per heavy atom. The van der Waals surface area contributed by atoms with Crippen LogP contribution in [0.4, 0.5) is 10.1 Å². The molecule has 3 fully saturated rings. The lowest BCUT2D eigenvalue weighted by atomic mass is 9.86. The van der Waals surface area contributed by atoms with E-state index in [-0.39, 0.29) is 36.6 Å². The molecule has 0 aromatic heterocycles. The molecule has 9 nitrogen and oxygen atoms in total. The number of piperidine rings is 3. The lowest BCUT2D eigenvalue weighted by Crippen LogP contribution is -2.58. The smallest absolute Gasteiger partial charge is 0.251 e. The molecule has 0 spiro atoms. The van der Waals surface area contributed by atoms with Crippen molar-refractivity contribution in [3.8, 4) is 5.75 Å². The number of methoxy groups -OCH3 is 1. The molecule has 0 saturated carbocycles. The van der Waals surface area contributed by atoms with Gasteiger partial charge in [0.05, 0.1) is 30.9 Å². The number of aliphatic hydroxyl groups is 1. The summed E-state index contributed by atoms with van der Waals surface area (Å²) >= 11 is 0. The van der Waals surface area contributed by atoms with Crippen LogP contribution in [-0.4, -0.2) is 79.7 Å². The van der Waals surface area contributed by atoms with Crippen LogP contribution >= 0.6 is 0 Å². The molecule has 0 radical (unpaired) electrons. The van der Waals surface area contributed by atoms with Crippen LogP contribution in [0.15, 0.2) is 42.5 Å². The van der Waals surface area contributed by atoms with Crippen LogP contribution in [0.1, 0.15) is 60.4 Å². The summed E-state index contributed by atoms with van der Waals surface area (Å²) in [4.78, 5) is 41.0. The zero-order valence-corrected chi connectivity index (χ0v) is 23.5. The molecule has 3 heterocycles. The number of rotatable bonds is 8. The first-order chi connectivity index (χ1) is 19.8. The van der Waals surface area contributed by atoms with Gasteiger partial charge in [-0.15, -0.1) is 0 Å². The van der Waals surface area contributed by atoms with Crippen molar-refractivity contribution < 1.29 is 28.6 Å². The van der Waals surface area contributed by atoms with E-state index in [2.05, 4.69) is 20.4 Å². The Labute approximate surface area is 240 Å². The van der Waals surface area contributed by atoms with Gasteiger partial charge < -0.3 is 25.0 Å². The van der Waals surface area contributed by atoms with E-state index in [9.17, 15) is 19.5 Å². The molecule has 10 heteroatoms. The highest BCUT2D eigenvalue weighted by Gasteiger charge is 2.37. The molecule has 3 N–H and O–H groups in total. The van der Waals surface area contributed by atoms with Crippen LogP contribution in [0.5, 0.6) is 5.75 Å². The number of halogens is 1. The molecule has 3 aliphatic rings. The van der Waals surface area contributed by atoms with Crippen molar-refractivity contribution in [1.29, 1.82) is 0 Å². The van der Waals surface area contributed by atoms with Crippen molar-refractivity contribution >= 4 is 23.4 Å². The maximum Gasteiger partial charge on any atom is 0.251 e. The number of hydrogen-bond acceptors (Lipinski definition) is 7. The predicted octanol–water partition coefficient (Wildman–Crippen LogP) is 2.83. The number of anilines is 1. The van der Waals surface area contributed by atoms with Crippen LogP contribution < -0.4 is 20.3 Å². The van der Waals surface area contributed by atoms with E-state index in [1.54, 1.807) is 43.5 Å². The van der Waals surface area contributed by atoms with Crippen LogP contribution in [0.3, 0.4) is 0 Å². The lowest BCUT2D eigenvalue weighted by Gasteiger charge is -2.43. The van der Waals surface area contributed by atoms with Gasteiger partial charge in [-0.3, -0.25) is 19.7 Å². The van der Waals surface area contributed by atoms with E-state index in [1.165, 1.54) is 6.07 Å². The third-order valence-corrected chi connectivity index (χ3v) is 8.91. The number of carbonyl (C=O) groups is 3. The number of benzene rings is 2. The average Bonchev–Trinajstić information content (AvgIpc) is 2.99. The van der Waals surface area contributed by atoms with Gasteiger partial charge >= 0.3 is 0 Å². The van der Waals surface area contributed by atoms with Crippen LogP contribution in [0, 0.1) is 11.7 Å². The number of aliphatic hydroxyl groups excluding tert-OH is 1. The van der Waals surface area contributed by atoms with Gasteiger partial charge in [0.25, 0.3) is 5.91 Å². The van der Waals surface area contributed by atoms with Crippen molar-refractivity contribution in [1.82, 2.24) is 15.5 Å². The van der Waals surface area contributed by atoms with E-state index < -0.39 is 11.5 Å². The van der Waals surface area contributed by atoms with Gasteiger partial charge in [-0.05, 0) is 73.9 Å². The molecular weight excluding hydrogens is 527 g/mol. The van der Waals surface area contributed by atoms with Gasteiger partial charge in [-0.2, -0.15) is 0 Å². The highest BCUT2D eigenvalue weighted by atomic mass is 19.1. The SMILES string of the molecule is COc1cccc(C(=O)NC2(CO)CCN(CC3CCN(c4ccc(C5CCC(=O)NC5=O)cc4F)CC3)CC2)c1. The molecule has 2 aromatic carbocycles. The van der Waals surface area contributed by atoms with E-state index in [0.29, 0.717) is 47.7 Å². The van der Waals surface area contributed by atoms with Crippen LogP contribution in [0.2, 0.25) is 0 Å². The van der Waals surface area contributed by atoms with Gasteiger partial charge in [0.2, 0.25) is 11.8 Å². The minimum absolute atomic E-state index is 0.108. The Morgan fingerprint density at radius 2 is 1.85 bits per heavy atom. The molecule has 220 valence electrons. The zero-order valence-electron chi connectivity index (χ0n) is 23.5. The van der Waals surface area contributed by atoms with E-state index >= 15 is 4.39 Å². The summed E-state index contributed by atoms with van der Waals surface area (Å²) in [6.45, 7) is 3.92. The van der Waals surface area contributed by atoms with Crippen molar-refractivity contribution in [3.05, 3.63) is 59.4 Å². The maximum atomic E-state index is 15.1. The van der Waals surface area contributed by atoms with Gasteiger partial charge in [0, 0.05) is 44.7 Å². The standard InChI is InChI=1S/C31H39FN4O5/c1-41-24-4-2-3-23(17-24)29(39)34-31(20-37)11-15-35(16-12-31)19-21-9-13-36(14-10-21)27-7-5-22(18-26(27)32)25-6-8-28(38)33-30(25)40/h2-5,7,17-18,21,25,37H,6,8-16,19-20H2,1H3,(H,34,39)(H,33,38,40). The van der Waals surface area contributed by atoms with Crippen molar-refractivity contribution in [2.45, 2.75) is 50.0 Å². The molecule has 1 unspecified atom stereocenters. The molecular formula is C31H39FN4O5. The first-order valence-corrected chi connectivity index (χ1v) is 14.5. The summed E-state index contributed by atoms with van der Waals surface area (Å²) in [5, 5.41) is 15.6. The molecule has 2 aromatic rings. The van der Waals surface area contributed by atoms with Gasteiger partial charge in [-0.1, -0.05) is 12.1 Å². The van der Waals surface area contributed by atoms with Crippen molar-refractivity contribution in [2.75, 3.05) is 51.3 Å². The number of likely N-dealkylation sites (tertiary alicyclic amines) is 1. The highest BCUT2D eigenvalue weighted by molar-refractivity contribution is 6.01. The van der Waals surface area contributed by atoms with Crippen molar-refractivity contribution in [3.63, 3.8) is 0 Å². The predicted molar refractivity (Wildman–Crippen MR) is 152 cm³/mol. The summed E-state index contributed by atoms with van der Waals surface area (Å²) in [6.07, 6.45) is 3.90. The van der Waals surface area contributed by atoms with Crippen LogP contribution in [-0.2, 0) is 9.59 Å². The minimum atomic E-state index is -0.641. The molecule has 3 saturated heterocycles. The number of nitrogens with one attached hydrogen (secondary N) is 2. The van der Waals surface area contributed by atoms with E-state index in [4.69, 9.17) is 4.74 Å². The van der Waals surface area contributed by atoms with Crippen molar-refractivity contribution in [2.24, 2.45) is 5.92 Å². The summed E-state index contributed by atoms with van der Waals surface area (Å²) in [5.41, 5.74) is 1.03. The van der Waals surface area contributed by atoms with Crippen LogP contribution in [0.25, 0.3) is 0 Å². The quantitative estimate of drug-likeness (QED) is 0.422.